The molecule has 0 unspecified atom stereocenters. The van der Waals surface area contributed by atoms with E-state index in [1.165, 1.54) is 12.1 Å². The predicted molar refractivity (Wildman–Crippen MR) is 109 cm³/mol. The molecule has 4 heteroatoms. The van der Waals surface area contributed by atoms with Gasteiger partial charge in [-0.05, 0) is 47.0 Å². The zero-order valence-electron chi connectivity index (χ0n) is 14.9. The molecule has 0 N–H and O–H groups in total. The van der Waals surface area contributed by atoms with Crippen molar-refractivity contribution in [3.63, 3.8) is 0 Å². The first-order chi connectivity index (χ1) is 13.6. The van der Waals surface area contributed by atoms with Crippen molar-refractivity contribution in [2.75, 3.05) is 0 Å². The van der Waals surface area contributed by atoms with Gasteiger partial charge in [-0.3, -0.25) is 0 Å². The van der Waals surface area contributed by atoms with E-state index >= 15 is 0 Å². The fourth-order valence-corrected chi connectivity index (χ4v) is 4.68. The van der Waals surface area contributed by atoms with Crippen LogP contribution in [0.25, 0.3) is 22.3 Å². The maximum atomic E-state index is 13.4. The molecule has 0 aromatic heterocycles. The topological polar surface area (TPSA) is 34.1 Å². The van der Waals surface area contributed by atoms with Gasteiger partial charge in [0, 0.05) is 5.56 Å². The molecule has 2 nitrogen and oxygen atoms in total. The first-order valence-corrected chi connectivity index (χ1v) is 10.3. The van der Waals surface area contributed by atoms with Gasteiger partial charge in [-0.15, -0.1) is 0 Å². The fraction of sp³-hybridized carbons (Fsp3) is 0. The SMILES string of the molecule is O=S(=O)(c1ccccc1)c1cc(-c2ccccc2)ccc1-c1ccc(F)cc1. The number of halogens is 1. The summed E-state index contributed by atoms with van der Waals surface area (Å²) in [5.74, 6) is -0.364. The summed E-state index contributed by atoms with van der Waals surface area (Å²) in [5, 5.41) is 0. The molecule has 28 heavy (non-hydrogen) atoms. The van der Waals surface area contributed by atoms with Crippen LogP contribution >= 0.6 is 0 Å². The highest BCUT2D eigenvalue weighted by Gasteiger charge is 2.22. The van der Waals surface area contributed by atoms with Gasteiger partial charge in [-0.25, -0.2) is 12.8 Å². The monoisotopic (exact) mass is 388 g/mol. The van der Waals surface area contributed by atoms with Crippen LogP contribution in [0, 0.1) is 5.82 Å². The van der Waals surface area contributed by atoms with Crippen LogP contribution in [-0.2, 0) is 9.84 Å². The Morgan fingerprint density at radius 3 is 1.79 bits per heavy atom. The van der Waals surface area contributed by atoms with Crippen LogP contribution in [0.3, 0.4) is 0 Å². The van der Waals surface area contributed by atoms with Gasteiger partial charge < -0.3 is 0 Å². The minimum Gasteiger partial charge on any atom is -0.218 e. The molecule has 0 aliphatic heterocycles. The Morgan fingerprint density at radius 1 is 0.571 bits per heavy atom. The van der Waals surface area contributed by atoms with Crippen LogP contribution in [0.2, 0.25) is 0 Å². The standard InChI is InChI=1S/C24H17FO2S/c25-21-14-11-19(12-15-21)23-16-13-20(18-7-3-1-4-8-18)17-24(23)28(26,27)22-9-5-2-6-10-22/h1-17H. The highest BCUT2D eigenvalue weighted by atomic mass is 32.2. The third-order valence-corrected chi connectivity index (χ3v) is 6.40. The van der Waals surface area contributed by atoms with Crippen molar-refractivity contribution < 1.29 is 12.8 Å². The Kier molecular flexibility index (Phi) is 4.80. The summed E-state index contributed by atoms with van der Waals surface area (Å²) in [7, 11) is -3.75. The van der Waals surface area contributed by atoms with Gasteiger partial charge in [0.15, 0.2) is 0 Å². The maximum absolute atomic E-state index is 13.4. The van der Waals surface area contributed by atoms with E-state index in [9.17, 15) is 12.8 Å². The summed E-state index contributed by atoms with van der Waals surface area (Å²) in [5.41, 5.74) is 2.93. The Labute approximate surface area is 163 Å². The molecule has 138 valence electrons. The van der Waals surface area contributed by atoms with E-state index < -0.39 is 9.84 Å². The molecule has 0 aliphatic carbocycles. The van der Waals surface area contributed by atoms with Crippen LogP contribution in [0.4, 0.5) is 4.39 Å². The molecular weight excluding hydrogens is 371 g/mol. The Morgan fingerprint density at radius 2 is 1.14 bits per heavy atom. The molecule has 4 aromatic carbocycles. The molecule has 0 fully saturated rings. The molecular formula is C24H17FO2S. The summed E-state index contributed by atoms with van der Waals surface area (Å²) < 4.78 is 40.2. The largest absolute Gasteiger partial charge is 0.218 e. The number of sulfone groups is 1. The molecule has 0 aliphatic rings. The Bertz CT molecular complexity index is 1200. The molecule has 4 aromatic rings. The first-order valence-electron chi connectivity index (χ1n) is 8.81. The molecule has 0 heterocycles. The smallest absolute Gasteiger partial charge is 0.207 e. The second kappa shape index (κ2) is 7.41. The third-order valence-electron chi connectivity index (χ3n) is 4.59. The number of hydrogen-bond donors (Lipinski definition) is 0. The van der Waals surface area contributed by atoms with Gasteiger partial charge in [0.05, 0.1) is 9.79 Å². The predicted octanol–water partition coefficient (Wildman–Crippen LogP) is 5.99. The van der Waals surface area contributed by atoms with Gasteiger partial charge in [0.1, 0.15) is 5.82 Å². The van der Waals surface area contributed by atoms with Crippen molar-refractivity contribution in [2.45, 2.75) is 9.79 Å². The van der Waals surface area contributed by atoms with Gasteiger partial charge in [-0.1, -0.05) is 72.8 Å². The lowest BCUT2D eigenvalue weighted by Crippen LogP contribution is -2.04. The third kappa shape index (κ3) is 3.47. The van der Waals surface area contributed by atoms with Crippen molar-refractivity contribution in [3.05, 3.63) is 109 Å². The second-order valence-electron chi connectivity index (χ2n) is 6.40. The zero-order chi connectivity index (χ0) is 19.6. The lowest BCUT2D eigenvalue weighted by molar-refractivity contribution is 0.596. The molecule has 0 bridgehead atoms. The highest BCUT2D eigenvalue weighted by Crippen LogP contribution is 2.35. The van der Waals surface area contributed by atoms with Crippen LogP contribution in [0.15, 0.2) is 113 Å². The number of rotatable bonds is 4. The van der Waals surface area contributed by atoms with Gasteiger partial charge in [0.25, 0.3) is 0 Å². The van der Waals surface area contributed by atoms with Crippen LogP contribution in [0.1, 0.15) is 0 Å². The molecule has 0 saturated carbocycles. The van der Waals surface area contributed by atoms with E-state index in [2.05, 4.69) is 0 Å². The Hall–Kier alpha value is -3.24. The lowest BCUT2D eigenvalue weighted by Gasteiger charge is -2.13. The van der Waals surface area contributed by atoms with Crippen molar-refractivity contribution in [2.24, 2.45) is 0 Å². The highest BCUT2D eigenvalue weighted by molar-refractivity contribution is 7.91. The molecule has 0 amide bonds. The summed E-state index contributed by atoms with van der Waals surface area (Å²) in [6.07, 6.45) is 0. The molecule has 0 radical (unpaired) electrons. The van der Waals surface area contributed by atoms with Crippen molar-refractivity contribution >= 4 is 9.84 Å². The van der Waals surface area contributed by atoms with Gasteiger partial charge in [0.2, 0.25) is 9.84 Å². The Balaban J connectivity index is 1.96. The first kappa shape index (κ1) is 18.1. The molecule has 0 spiro atoms. The summed E-state index contributed by atoms with van der Waals surface area (Å²) in [6, 6.07) is 29.2. The quantitative estimate of drug-likeness (QED) is 0.430. The van der Waals surface area contributed by atoms with Crippen molar-refractivity contribution in [3.8, 4) is 22.3 Å². The van der Waals surface area contributed by atoms with Crippen molar-refractivity contribution in [1.29, 1.82) is 0 Å². The van der Waals surface area contributed by atoms with E-state index in [1.54, 1.807) is 54.6 Å². The second-order valence-corrected chi connectivity index (χ2v) is 8.32. The molecule has 0 atom stereocenters. The minimum absolute atomic E-state index is 0.201. The number of hydrogen-bond acceptors (Lipinski definition) is 2. The summed E-state index contributed by atoms with van der Waals surface area (Å²) >= 11 is 0. The van der Waals surface area contributed by atoms with E-state index in [4.69, 9.17) is 0 Å². The van der Waals surface area contributed by atoms with E-state index in [0.29, 0.717) is 11.1 Å². The average molecular weight is 388 g/mol. The minimum atomic E-state index is -3.75. The normalized spacial score (nSPS) is 11.3. The van der Waals surface area contributed by atoms with Crippen molar-refractivity contribution in [1.82, 2.24) is 0 Å². The summed E-state index contributed by atoms with van der Waals surface area (Å²) in [6.45, 7) is 0. The lowest BCUT2D eigenvalue weighted by atomic mass is 10.0. The van der Waals surface area contributed by atoms with Crippen LogP contribution in [-0.4, -0.2) is 8.42 Å². The van der Waals surface area contributed by atoms with E-state index in [-0.39, 0.29) is 15.6 Å². The fourth-order valence-electron chi connectivity index (χ4n) is 3.15. The number of benzene rings is 4. The zero-order valence-corrected chi connectivity index (χ0v) is 15.7. The van der Waals surface area contributed by atoms with Crippen LogP contribution < -0.4 is 0 Å². The van der Waals surface area contributed by atoms with Gasteiger partial charge in [-0.2, -0.15) is 0 Å². The summed E-state index contributed by atoms with van der Waals surface area (Å²) in [4.78, 5) is 0.426. The van der Waals surface area contributed by atoms with E-state index in [1.807, 2.05) is 36.4 Å². The van der Waals surface area contributed by atoms with Crippen LogP contribution in [0.5, 0.6) is 0 Å². The molecule has 4 rings (SSSR count). The molecule has 0 saturated heterocycles. The van der Waals surface area contributed by atoms with Gasteiger partial charge >= 0.3 is 0 Å². The maximum Gasteiger partial charge on any atom is 0.207 e. The van der Waals surface area contributed by atoms with E-state index in [0.717, 1.165) is 11.1 Å². The average Bonchev–Trinajstić information content (AvgIpc) is 2.75.